The molecule has 7 nitrogen and oxygen atoms in total. The fourth-order valence-electron chi connectivity index (χ4n) is 3.43. The number of nitrogens with one attached hydrogen (secondary N) is 1. The lowest BCUT2D eigenvalue weighted by molar-refractivity contribution is 0.0621. The molecular formula is C19H22N6O. The molecule has 0 saturated carbocycles. The fraction of sp³-hybridized carbons (Fsp3) is 0.316. The van der Waals surface area contributed by atoms with E-state index < -0.39 is 0 Å². The van der Waals surface area contributed by atoms with Crippen LogP contribution in [0.25, 0.3) is 5.69 Å². The molecule has 0 aliphatic carbocycles. The fourth-order valence-corrected chi connectivity index (χ4v) is 3.43. The monoisotopic (exact) mass is 350 g/mol. The normalized spacial score (nSPS) is 17.5. The number of benzene rings is 1. The number of carbonyl (C=O) groups is 1. The van der Waals surface area contributed by atoms with Gasteiger partial charge in [0, 0.05) is 56.5 Å². The topological polar surface area (TPSA) is 68.0 Å². The van der Waals surface area contributed by atoms with Gasteiger partial charge in [0.1, 0.15) is 11.9 Å². The molecule has 0 radical (unpaired) electrons. The summed E-state index contributed by atoms with van der Waals surface area (Å²) in [6, 6.07) is 9.50. The molecule has 1 aliphatic rings. The van der Waals surface area contributed by atoms with E-state index in [1.54, 1.807) is 12.4 Å². The number of amides is 1. The van der Waals surface area contributed by atoms with Crippen LogP contribution in [-0.2, 0) is 7.05 Å². The molecule has 7 heteroatoms. The molecule has 3 aromatic rings. The summed E-state index contributed by atoms with van der Waals surface area (Å²) in [7, 11) is 1.96. The van der Waals surface area contributed by atoms with E-state index >= 15 is 0 Å². The molecule has 0 spiro atoms. The van der Waals surface area contributed by atoms with Crippen molar-refractivity contribution in [2.24, 2.45) is 7.05 Å². The summed E-state index contributed by atoms with van der Waals surface area (Å²) in [5.74, 6) is 0.928. The number of piperazine rings is 1. The van der Waals surface area contributed by atoms with Crippen molar-refractivity contribution in [1.82, 2.24) is 29.5 Å². The summed E-state index contributed by atoms with van der Waals surface area (Å²) in [5, 5.41) is 7.67. The first-order valence-corrected chi connectivity index (χ1v) is 8.75. The van der Waals surface area contributed by atoms with Crippen LogP contribution in [0.4, 0.5) is 0 Å². The van der Waals surface area contributed by atoms with Crippen LogP contribution in [0.3, 0.4) is 0 Å². The lowest BCUT2D eigenvalue weighted by Gasteiger charge is -2.35. The van der Waals surface area contributed by atoms with Gasteiger partial charge in [-0.3, -0.25) is 4.79 Å². The van der Waals surface area contributed by atoms with Crippen molar-refractivity contribution in [2.45, 2.75) is 13.0 Å². The Balaban J connectivity index is 1.59. The summed E-state index contributed by atoms with van der Waals surface area (Å²) in [6.45, 7) is 4.17. The van der Waals surface area contributed by atoms with Crippen molar-refractivity contribution in [3.05, 3.63) is 66.0 Å². The first-order valence-electron chi connectivity index (χ1n) is 8.75. The maximum Gasteiger partial charge on any atom is 0.254 e. The molecule has 3 heterocycles. The highest BCUT2D eigenvalue weighted by Gasteiger charge is 2.31. The average molecular weight is 350 g/mol. The lowest BCUT2D eigenvalue weighted by atomic mass is 10.1. The van der Waals surface area contributed by atoms with Crippen LogP contribution in [-0.4, -0.2) is 49.8 Å². The Morgan fingerprint density at radius 3 is 2.65 bits per heavy atom. The highest BCUT2D eigenvalue weighted by atomic mass is 16.2. The molecule has 1 N–H and O–H groups in total. The first kappa shape index (κ1) is 16.5. The zero-order valence-corrected chi connectivity index (χ0v) is 15.0. The van der Waals surface area contributed by atoms with Crippen molar-refractivity contribution < 1.29 is 4.79 Å². The van der Waals surface area contributed by atoms with E-state index in [1.165, 1.54) is 0 Å². The molecule has 134 valence electrons. The van der Waals surface area contributed by atoms with Crippen molar-refractivity contribution in [3.8, 4) is 5.69 Å². The molecule has 26 heavy (non-hydrogen) atoms. The summed E-state index contributed by atoms with van der Waals surface area (Å²) < 4.78 is 3.83. The van der Waals surface area contributed by atoms with Gasteiger partial charge < -0.3 is 14.8 Å². The first-order chi connectivity index (χ1) is 12.6. The summed E-state index contributed by atoms with van der Waals surface area (Å²) in [6.07, 6.45) is 5.45. The van der Waals surface area contributed by atoms with E-state index in [0.29, 0.717) is 18.7 Å². The number of carbonyl (C=O) groups excluding carboxylic acids is 1. The standard InChI is InChI=1S/C19H22N6O/c1-14-7-8-22-25(14)16-5-3-15(4-6-16)19(26)24-12-9-20-13-17(24)18-21-10-11-23(18)2/h3-8,10-11,17,20H,9,12-13H2,1-2H3. The van der Waals surface area contributed by atoms with Crippen LogP contribution in [0.5, 0.6) is 0 Å². The number of hydrogen-bond acceptors (Lipinski definition) is 4. The van der Waals surface area contributed by atoms with E-state index in [4.69, 9.17) is 0 Å². The number of rotatable bonds is 3. The van der Waals surface area contributed by atoms with Gasteiger partial charge in [0.05, 0.1) is 5.69 Å². The predicted octanol–water partition coefficient (Wildman–Crippen LogP) is 1.70. The highest BCUT2D eigenvalue weighted by molar-refractivity contribution is 5.94. The van der Waals surface area contributed by atoms with Gasteiger partial charge in [0.25, 0.3) is 5.91 Å². The molecule has 1 aromatic carbocycles. The quantitative estimate of drug-likeness (QED) is 0.781. The third-order valence-electron chi connectivity index (χ3n) is 4.85. The maximum atomic E-state index is 13.1. The second-order valence-corrected chi connectivity index (χ2v) is 6.55. The van der Waals surface area contributed by atoms with Crippen LogP contribution >= 0.6 is 0 Å². The smallest absolute Gasteiger partial charge is 0.254 e. The second-order valence-electron chi connectivity index (χ2n) is 6.55. The molecular weight excluding hydrogens is 328 g/mol. The van der Waals surface area contributed by atoms with Gasteiger partial charge in [-0.2, -0.15) is 5.10 Å². The predicted molar refractivity (Wildman–Crippen MR) is 98.2 cm³/mol. The molecule has 1 fully saturated rings. The molecule has 1 saturated heterocycles. The van der Waals surface area contributed by atoms with Gasteiger partial charge in [-0.05, 0) is 37.3 Å². The Labute approximate surface area is 152 Å². The summed E-state index contributed by atoms with van der Waals surface area (Å²) in [4.78, 5) is 19.5. The highest BCUT2D eigenvalue weighted by Crippen LogP contribution is 2.23. The number of nitrogens with zero attached hydrogens (tertiary/aromatic N) is 5. The van der Waals surface area contributed by atoms with E-state index in [9.17, 15) is 4.79 Å². The van der Waals surface area contributed by atoms with Gasteiger partial charge in [0.15, 0.2) is 0 Å². The molecule has 1 unspecified atom stereocenters. The van der Waals surface area contributed by atoms with Crippen molar-refractivity contribution in [2.75, 3.05) is 19.6 Å². The van der Waals surface area contributed by atoms with Gasteiger partial charge in [-0.1, -0.05) is 0 Å². The number of imidazole rings is 1. The van der Waals surface area contributed by atoms with Gasteiger partial charge in [-0.15, -0.1) is 0 Å². The van der Waals surface area contributed by atoms with E-state index in [0.717, 1.165) is 23.8 Å². The molecule has 1 amide bonds. The largest absolute Gasteiger partial charge is 0.336 e. The Hall–Kier alpha value is -2.93. The zero-order valence-electron chi connectivity index (χ0n) is 15.0. The third-order valence-corrected chi connectivity index (χ3v) is 4.85. The van der Waals surface area contributed by atoms with E-state index in [1.807, 2.05) is 64.6 Å². The molecule has 1 atom stereocenters. The Morgan fingerprint density at radius 2 is 2.00 bits per heavy atom. The SMILES string of the molecule is Cc1ccnn1-c1ccc(C(=O)N2CCNCC2c2nccn2C)cc1. The van der Waals surface area contributed by atoms with Crippen LogP contribution in [0.15, 0.2) is 48.9 Å². The number of hydrogen-bond donors (Lipinski definition) is 1. The van der Waals surface area contributed by atoms with Crippen LogP contribution in [0.1, 0.15) is 27.9 Å². The maximum absolute atomic E-state index is 13.1. The minimum Gasteiger partial charge on any atom is -0.336 e. The molecule has 4 rings (SSSR count). The number of aromatic nitrogens is 4. The summed E-state index contributed by atoms with van der Waals surface area (Å²) >= 11 is 0. The van der Waals surface area contributed by atoms with Crippen LogP contribution in [0.2, 0.25) is 0 Å². The van der Waals surface area contributed by atoms with E-state index in [2.05, 4.69) is 15.4 Å². The van der Waals surface area contributed by atoms with Crippen molar-refractivity contribution in [3.63, 3.8) is 0 Å². The average Bonchev–Trinajstić information content (AvgIpc) is 3.29. The van der Waals surface area contributed by atoms with Gasteiger partial charge >= 0.3 is 0 Å². The molecule has 1 aliphatic heterocycles. The third kappa shape index (κ3) is 2.90. The van der Waals surface area contributed by atoms with Crippen molar-refractivity contribution >= 4 is 5.91 Å². The zero-order chi connectivity index (χ0) is 18.1. The Kier molecular flexibility index (Phi) is 4.30. The van der Waals surface area contributed by atoms with Crippen LogP contribution < -0.4 is 5.32 Å². The second kappa shape index (κ2) is 6.76. The minimum absolute atomic E-state index is 0.0308. The summed E-state index contributed by atoms with van der Waals surface area (Å²) in [5.41, 5.74) is 2.69. The number of aryl methyl sites for hydroxylation is 2. The van der Waals surface area contributed by atoms with Crippen molar-refractivity contribution in [1.29, 1.82) is 0 Å². The minimum atomic E-state index is -0.0655. The van der Waals surface area contributed by atoms with Gasteiger partial charge in [-0.25, -0.2) is 9.67 Å². The Morgan fingerprint density at radius 1 is 1.19 bits per heavy atom. The Bertz CT molecular complexity index is 910. The molecule has 0 bridgehead atoms. The van der Waals surface area contributed by atoms with E-state index in [-0.39, 0.29) is 11.9 Å². The molecule has 2 aromatic heterocycles. The van der Waals surface area contributed by atoms with Crippen LogP contribution in [0, 0.1) is 6.92 Å². The van der Waals surface area contributed by atoms with Gasteiger partial charge in [0.2, 0.25) is 0 Å². The lowest BCUT2D eigenvalue weighted by Crippen LogP contribution is -2.49.